The zero-order valence-electron chi connectivity index (χ0n) is 10.2. The molecule has 0 aromatic heterocycles. The predicted octanol–water partition coefficient (Wildman–Crippen LogP) is 2.30. The zero-order valence-corrected chi connectivity index (χ0v) is 11.0. The van der Waals surface area contributed by atoms with Crippen molar-refractivity contribution >= 4 is 29.0 Å². The van der Waals surface area contributed by atoms with Crippen LogP contribution in [0, 0.1) is 0 Å². The molecule has 0 amide bonds. The number of benzene rings is 1. The first-order valence-electron chi connectivity index (χ1n) is 5.47. The molecule has 1 rings (SSSR count). The van der Waals surface area contributed by atoms with E-state index in [1.165, 1.54) is 0 Å². The van der Waals surface area contributed by atoms with Crippen LogP contribution in [0.2, 0.25) is 5.02 Å². The molecule has 0 saturated carbocycles. The Bertz CT molecular complexity index is 497. The Morgan fingerprint density at radius 1 is 1.26 bits per heavy atom. The molecule has 0 aliphatic rings. The fourth-order valence-corrected chi connectivity index (χ4v) is 1.48. The van der Waals surface area contributed by atoms with Gasteiger partial charge in [-0.1, -0.05) is 34.0 Å². The quantitative estimate of drug-likeness (QED) is 0.376. The SMILES string of the molecule is CCOC(=O)/C(C/C(=N/O)c1ccc(Cl)cc1)=N\O. The van der Waals surface area contributed by atoms with Gasteiger partial charge < -0.3 is 15.2 Å². The molecule has 0 bridgehead atoms. The average Bonchev–Trinajstić information content (AvgIpc) is 2.42. The summed E-state index contributed by atoms with van der Waals surface area (Å²) in [6.07, 6.45) is -0.159. The molecule has 6 nitrogen and oxygen atoms in total. The molecule has 0 radical (unpaired) electrons. The molecule has 19 heavy (non-hydrogen) atoms. The first-order chi connectivity index (χ1) is 9.12. The van der Waals surface area contributed by atoms with Crippen molar-refractivity contribution in [2.24, 2.45) is 10.3 Å². The van der Waals surface area contributed by atoms with Crippen LogP contribution in [-0.4, -0.2) is 34.4 Å². The van der Waals surface area contributed by atoms with Crippen molar-refractivity contribution in [2.75, 3.05) is 6.61 Å². The van der Waals surface area contributed by atoms with E-state index in [4.69, 9.17) is 26.8 Å². The van der Waals surface area contributed by atoms with E-state index in [2.05, 4.69) is 10.3 Å². The molecule has 2 N–H and O–H groups in total. The Kier molecular flexibility index (Phi) is 5.81. The van der Waals surface area contributed by atoms with Crippen LogP contribution >= 0.6 is 11.6 Å². The minimum Gasteiger partial charge on any atom is -0.461 e. The molecule has 1 aromatic rings. The molecule has 0 unspecified atom stereocenters. The number of ether oxygens (including phenoxy) is 1. The van der Waals surface area contributed by atoms with Gasteiger partial charge in [0.25, 0.3) is 0 Å². The fraction of sp³-hybridized carbons (Fsp3) is 0.250. The third kappa shape index (κ3) is 4.26. The van der Waals surface area contributed by atoms with Gasteiger partial charge in [0.2, 0.25) is 0 Å². The standard InChI is InChI=1S/C12H13ClN2O4/c1-2-19-12(16)11(15-18)7-10(14-17)8-3-5-9(13)6-4-8/h3-6,17-18H,2,7H2,1H3/b14-10-,15-11-. The highest BCUT2D eigenvalue weighted by Gasteiger charge is 2.18. The van der Waals surface area contributed by atoms with E-state index in [1.54, 1.807) is 31.2 Å². The van der Waals surface area contributed by atoms with Gasteiger partial charge in [0, 0.05) is 11.4 Å². The summed E-state index contributed by atoms with van der Waals surface area (Å²) in [6, 6.07) is 6.47. The van der Waals surface area contributed by atoms with Crippen LogP contribution in [0.15, 0.2) is 34.6 Å². The number of carbonyl (C=O) groups is 1. The van der Waals surface area contributed by atoms with Crippen molar-refractivity contribution in [1.82, 2.24) is 0 Å². The summed E-state index contributed by atoms with van der Waals surface area (Å²) in [6.45, 7) is 1.79. The van der Waals surface area contributed by atoms with Gasteiger partial charge in [-0.05, 0) is 24.6 Å². The van der Waals surface area contributed by atoms with Gasteiger partial charge in [-0.25, -0.2) is 4.79 Å². The number of nitrogens with zero attached hydrogens (tertiary/aromatic N) is 2. The molecule has 0 fully saturated rings. The fourth-order valence-electron chi connectivity index (χ4n) is 1.36. The van der Waals surface area contributed by atoms with Crippen LogP contribution in [0.4, 0.5) is 0 Å². The van der Waals surface area contributed by atoms with E-state index >= 15 is 0 Å². The van der Waals surface area contributed by atoms with Gasteiger partial charge in [-0.3, -0.25) is 0 Å². The van der Waals surface area contributed by atoms with E-state index in [1.807, 2.05) is 0 Å². The molecule has 1 aromatic carbocycles. The smallest absolute Gasteiger partial charge is 0.356 e. The van der Waals surface area contributed by atoms with Crippen LogP contribution in [0.1, 0.15) is 18.9 Å². The highest BCUT2D eigenvalue weighted by molar-refractivity contribution is 6.41. The lowest BCUT2D eigenvalue weighted by atomic mass is 10.0. The lowest BCUT2D eigenvalue weighted by molar-refractivity contribution is -0.135. The monoisotopic (exact) mass is 284 g/mol. The number of hydrogen-bond acceptors (Lipinski definition) is 6. The van der Waals surface area contributed by atoms with E-state index in [0.29, 0.717) is 10.6 Å². The van der Waals surface area contributed by atoms with Crippen LogP contribution < -0.4 is 0 Å². The van der Waals surface area contributed by atoms with Crippen molar-refractivity contribution in [3.8, 4) is 0 Å². The van der Waals surface area contributed by atoms with Crippen LogP contribution in [-0.2, 0) is 9.53 Å². The van der Waals surface area contributed by atoms with Crippen LogP contribution in [0.5, 0.6) is 0 Å². The molecular formula is C12H13ClN2O4. The van der Waals surface area contributed by atoms with Crippen molar-refractivity contribution in [3.05, 3.63) is 34.9 Å². The number of rotatable bonds is 5. The Hall–Kier alpha value is -2.08. The summed E-state index contributed by atoms with van der Waals surface area (Å²) in [4.78, 5) is 11.4. The first-order valence-corrected chi connectivity index (χ1v) is 5.85. The van der Waals surface area contributed by atoms with Gasteiger partial charge in [0.1, 0.15) is 0 Å². The number of oxime groups is 2. The van der Waals surface area contributed by atoms with E-state index in [9.17, 15) is 4.79 Å². The Morgan fingerprint density at radius 3 is 2.37 bits per heavy atom. The molecule has 0 aliphatic heterocycles. The molecule has 0 heterocycles. The maximum atomic E-state index is 11.4. The number of hydrogen-bond donors (Lipinski definition) is 2. The lowest BCUT2D eigenvalue weighted by Gasteiger charge is -2.06. The molecule has 0 spiro atoms. The summed E-state index contributed by atoms with van der Waals surface area (Å²) in [5, 5.41) is 24.2. The number of halogens is 1. The normalized spacial score (nSPS) is 12.3. The Labute approximate surface area is 114 Å². The summed E-state index contributed by atoms with van der Waals surface area (Å²) in [5.74, 6) is -0.764. The van der Waals surface area contributed by atoms with Gasteiger partial charge in [-0.15, -0.1) is 0 Å². The van der Waals surface area contributed by atoms with E-state index in [-0.39, 0.29) is 24.5 Å². The van der Waals surface area contributed by atoms with E-state index < -0.39 is 5.97 Å². The summed E-state index contributed by atoms with van der Waals surface area (Å²) < 4.78 is 4.71. The average molecular weight is 285 g/mol. The summed E-state index contributed by atoms with van der Waals surface area (Å²) in [5.41, 5.74) is 0.472. The summed E-state index contributed by atoms with van der Waals surface area (Å²) in [7, 11) is 0. The Morgan fingerprint density at radius 2 is 1.89 bits per heavy atom. The highest BCUT2D eigenvalue weighted by atomic mass is 35.5. The van der Waals surface area contributed by atoms with Crippen molar-refractivity contribution in [2.45, 2.75) is 13.3 Å². The molecule has 0 aliphatic carbocycles. The van der Waals surface area contributed by atoms with E-state index in [0.717, 1.165) is 0 Å². The third-order valence-electron chi connectivity index (χ3n) is 2.26. The second-order valence-corrected chi connectivity index (χ2v) is 3.93. The molecular weight excluding hydrogens is 272 g/mol. The van der Waals surface area contributed by atoms with Gasteiger partial charge in [0.15, 0.2) is 5.71 Å². The summed E-state index contributed by atoms with van der Waals surface area (Å²) >= 11 is 5.74. The molecule has 0 atom stereocenters. The maximum Gasteiger partial charge on any atom is 0.356 e. The van der Waals surface area contributed by atoms with Gasteiger partial charge in [-0.2, -0.15) is 0 Å². The maximum absolute atomic E-state index is 11.4. The molecule has 0 saturated heterocycles. The molecule has 7 heteroatoms. The van der Waals surface area contributed by atoms with Gasteiger partial charge in [0.05, 0.1) is 12.3 Å². The topological polar surface area (TPSA) is 91.5 Å². The lowest BCUT2D eigenvalue weighted by Crippen LogP contribution is -2.21. The van der Waals surface area contributed by atoms with Crippen molar-refractivity contribution in [3.63, 3.8) is 0 Å². The Balaban J connectivity index is 2.88. The predicted molar refractivity (Wildman–Crippen MR) is 70.2 cm³/mol. The molecule has 102 valence electrons. The number of esters is 1. The minimum absolute atomic E-state index is 0.157. The van der Waals surface area contributed by atoms with Crippen LogP contribution in [0.25, 0.3) is 0 Å². The largest absolute Gasteiger partial charge is 0.461 e. The van der Waals surface area contributed by atoms with Crippen molar-refractivity contribution < 1.29 is 19.9 Å². The number of carbonyl (C=O) groups excluding carboxylic acids is 1. The van der Waals surface area contributed by atoms with Crippen molar-refractivity contribution in [1.29, 1.82) is 0 Å². The second-order valence-electron chi connectivity index (χ2n) is 3.50. The second kappa shape index (κ2) is 7.38. The zero-order chi connectivity index (χ0) is 14.3. The minimum atomic E-state index is -0.764. The highest BCUT2D eigenvalue weighted by Crippen LogP contribution is 2.12. The van der Waals surface area contributed by atoms with Gasteiger partial charge >= 0.3 is 5.97 Å². The van der Waals surface area contributed by atoms with Crippen LogP contribution in [0.3, 0.4) is 0 Å². The third-order valence-corrected chi connectivity index (χ3v) is 2.52. The first kappa shape index (κ1) is 15.0.